The molecule has 4 N–H and O–H groups in total. The number of benzene rings is 1. The molecule has 5 rings (SSSR count). The second-order valence-corrected chi connectivity index (χ2v) is 9.12. The number of nitrogens with two attached hydrogens (primary N) is 1. The van der Waals surface area contributed by atoms with Gasteiger partial charge in [0.05, 0.1) is 12.1 Å². The monoisotopic (exact) mass is 452 g/mol. The number of nitrogens with zero attached hydrogens (tertiary/aromatic N) is 3. The summed E-state index contributed by atoms with van der Waals surface area (Å²) in [5, 5.41) is 6.92. The van der Waals surface area contributed by atoms with E-state index in [-0.39, 0.29) is 35.6 Å². The second-order valence-electron chi connectivity index (χ2n) is 8.71. The molecule has 3 aliphatic rings. The van der Waals surface area contributed by atoms with E-state index >= 15 is 0 Å². The van der Waals surface area contributed by atoms with Crippen molar-refractivity contribution in [2.45, 2.75) is 31.7 Å². The number of carbonyl (C=O) groups is 2. The van der Waals surface area contributed by atoms with Gasteiger partial charge in [0.15, 0.2) is 5.82 Å². The van der Waals surface area contributed by atoms with Crippen LogP contribution in [-0.4, -0.2) is 34.9 Å². The number of nitrogens with one attached hydrogen (secondary N) is 2. The first-order valence-electron chi connectivity index (χ1n) is 10.8. The van der Waals surface area contributed by atoms with Crippen LogP contribution in [-0.2, 0) is 16.0 Å². The lowest BCUT2D eigenvalue weighted by atomic mass is 9.88. The van der Waals surface area contributed by atoms with Crippen LogP contribution < -0.4 is 21.3 Å². The Morgan fingerprint density at radius 1 is 1.25 bits per heavy atom. The van der Waals surface area contributed by atoms with Crippen molar-refractivity contribution in [3.05, 3.63) is 47.1 Å². The topological polar surface area (TPSA) is 113 Å². The molecule has 2 bridgehead atoms. The van der Waals surface area contributed by atoms with Crippen molar-refractivity contribution in [2.24, 2.45) is 23.5 Å². The maximum Gasteiger partial charge on any atom is 0.229 e. The molecule has 1 fully saturated rings. The molecule has 2 amide bonds. The van der Waals surface area contributed by atoms with Gasteiger partial charge in [0.25, 0.3) is 0 Å². The van der Waals surface area contributed by atoms with E-state index in [0.717, 1.165) is 36.2 Å². The number of rotatable bonds is 5. The first kappa shape index (κ1) is 20.8. The maximum absolute atomic E-state index is 12.2. The van der Waals surface area contributed by atoms with E-state index in [1.807, 2.05) is 18.2 Å². The molecular formula is C23H25ClN6O2. The molecule has 2 aromatic rings. The van der Waals surface area contributed by atoms with E-state index < -0.39 is 0 Å². The number of primary amides is 1. The highest BCUT2D eigenvalue weighted by molar-refractivity contribution is 6.32. The van der Waals surface area contributed by atoms with Gasteiger partial charge in [0.1, 0.15) is 5.02 Å². The predicted octanol–water partition coefficient (Wildman–Crippen LogP) is 3.26. The number of carbonyl (C=O) groups excluding carboxylic acids is 2. The number of fused-ring (bicyclic) bond motifs is 3. The lowest BCUT2D eigenvalue weighted by Crippen LogP contribution is -2.41. The Kier molecular flexibility index (Phi) is 5.25. The molecule has 4 atom stereocenters. The number of halogens is 1. The Labute approximate surface area is 191 Å². The van der Waals surface area contributed by atoms with Crippen molar-refractivity contribution >= 4 is 46.6 Å². The fourth-order valence-corrected chi connectivity index (χ4v) is 5.27. The number of aryl methyl sites for hydroxylation is 1. The van der Waals surface area contributed by atoms with Crippen LogP contribution >= 0.6 is 11.6 Å². The summed E-state index contributed by atoms with van der Waals surface area (Å²) in [6.45, 7) is 0. The van der Waals surface area contributed by atoms with E-state index in [2.05, 4.69) is 32.8 Å². The summed E-state index contributed by atoms with van der Waals surface area (Å²) in [5.41, 5.74) is 8.48. The number of hydrogen-bond acceptors (Lipinski definition) is 6. The molecule has 2 aliphatic carbocycles. The molecule has 8 nitrogen and oxygen atoms in total. The normalized spacial score (nSPS) is 26.1. The summed E-state index contributed by atoms with van der Waals surface area (Å²) in [6.07, 6.45) is 8.91. The number of hydrogen-bond donors (Lipinski definition) is 3. The molecular weight excluding hydrogens is 428 g/mol. The molecule has 1 saturated carbocycles. The Morgan fingerprint density at radius 3 is 2.88 bits per heavy atom. The number of aromatic nitrogens is 2. The van der Waals surface area contributed by atoms with Crippen molar-refractivity contribution in [1.82, 2.24) is 9.97 Å². The van der Waals surface area contributed by atoms with Crippen LogP contribution in [0.25, 0.3) is 0 Å². The third-order valence-corrected chi connectivity index (χ3v) is 7.03. The zero-order valence-corrected chi connectivity index (χ0v) is 18.5. The zero-order chi connectivity index (χ0) is 22.4. The minimum atomic E-state index is -0.313. The SMILES string of the molecule is CN1C(=O)CCCc2ccc(Nc3ncc(Cl)c(N[C@@H]4[C@H](C(N)=O)[C@H]5C=C[C@@H]4C5)n3)cc21. The number of anilines is 4. The molecule has 9 heteroatoms. The Morgan fingerprint density at radius 2 is 2.06 bits per heavy atom. The molecule has 0 saturated heterocycles. The van der Waals surface area contributed by atoms with Crippen LogP contribution in [0.2, 0.25) is 5.02 Å². The van der Waals surface area contributed by atoms with E-state index in [9.17, 15) is 9.59 Å². The molecule has 1 aromatic heterocycles. The molecule has 1 aromatic carbocycles. The van der Waals surface area contributed by atoms with Gasteiger partial charge in [0, 0.05) is 30.9 Å². The predicted molar refractivity (Wildman–Crippen MR) is 124 cm³/mol. The molecule has 1 aliphatic heterocycles. The van der Waals surface area contributed by atoms with Crippen LogP contribution in [0.15, 0.2) is 36.5 Å². The Hall–Kier alpha value is -3.13. The van der Waals surface area contributed by atoms with Gasteiger partial charge in [-0.3, -0.25) is 9.59 Å². The van der Waals surface area contributed by atoms with Gasteiger partial charge in [-0.15, -0.1) is 0 Å². The van der Waals surface area contributed by atoms with Gasteiger partial charge in [-0.1, -0.05) is 29.8 Å². The lowest BCUT2D eigenvalue weighted by molar-refractivity contribution is -0.122. The Bertz CT molecular complexity index is 1120. The van der Waals surface area contributed by atoms with Crippen LogP contribution in [0.1, 0.15) is 24.8 Å². The molecule has 166 valence electrons. The third-order valence-electron chi connectivity index (χ3n) is 6.75. The average molecular weight is 453 g/mol. The third kappa shape index (κ3) is 3.68. The van der Waals surface area contributed by atoms with Crippen molar-refractivity contribution < 1.29 is 9.59 Å². The minimum Gasteiger partial charge on any atom is -0.369 e. The minimum absolute atomic E-state index is 0.110. The van der Waals surface area contributed by atoms with Crippen LogP contribution in [0.4, 0.5) is 23.1 Å². The second kappa shape index (κ2) is 8.09. The fraction of sp³-hybridized carbons (Fsp3) is 0.391. The highest BCUT2D eigenvalue weighted by atomic mass is 35.5. The first-order chi connectivity index (χ1) is 15.4. The van der Waals surface area contributed by atoms with Gasteiger partial charge in [-0.25, -0.2) is 4.98 Å². The summed E-state index contributed by atoms with van der Waals surface area (Å²) in [4.78, 5) is 34.8. The quantitative estimate of drug-likeness (QED) is 0.600. The summed E-state index contributed by atoms with van der Waals surface area (Å²) in [6, 6.07) is 5.78. The first-order valence-corrected chi connectivity index (χ1v) is 11.2. The van der Waals surface area contributed by atoms with Crippen molar-refractivity contribution in [3.8, 4) is 0 Å². The molecule has 2 heterocycles. The van der Waals surface area contributed by atoms with Crippen molar-refractivity contribution in [1.29, 1.82) is 0 Å². The summed E-state index contributed by atoms with van der Waals surface area (Å²) in [5.74, 6) is 0.720. The van der Waals surface area contributed by atoms with E-state index in [4.69, 9.17) is 17.3 Å². The molecule has 0 radical (unpaired) electrons. The Balaban J connectivity index is 1.38. The van der Waals surface area contributed by atoms with E-state index in [1.165, 1.54) is 6.20 Å². The summed E-state index contributed by atoms with van der Waals surface area (Å²) >= 11 is 6.36. The molecule has 0 spiro atoms. The highest BCUT2D eigenvalue weighted by Gasteiger charge is 2.47. The maximum atomic E-state index is 12.2. The van der Waals surface area contributed by atoms with Crippen LogP contribution in [0, 0.1) is 17.8 Å². The summed E-state index contributed by atoms with van der Waals surface area (Å²) < 4.78 is 0. The van der Waals surface area contributed by atoms with Gasteiger partial charge < -0.3 is 21.3 Å². The standard InChI is InChI=1S/C23H25ClN6O2/c1-30-17-10-15(8-7-12(17)3-2-4-18(30)31)27-23-26-11-16(24)22(29-23)28-20-14-6-5-13(9-14)19(20)21(25)32/h5-8,10-11,13-14,19-20H,2-4,9H2,1H3,(H2,25,32)(H2,26,27,28,29)/t13-,14+,19+,20-/m0/s1. The van der Waals surface area contributed by atoms with Gasteiger partial charge >= 0.3 is 0 Å². The molecule has 32 heavy (non-hydrogen) atoms. The fourth-order valence-electron chi connectivity index (χ4n) is 5.12. The van der Waals surface area contributed by atoms with E-state index in [1.54, 1.807) is 11.9 Å². The number of allylic oxidation sites excluding steroid dienone is 1. The van der Waals surface area contributed by atoms with Gasteiger partial charge in [-0.05, 0) is 48.8 Å². The lowest BCUT2D eigenvalue weighted by Gasteiger charge is -2.27. The number of amides is 2. The van der Waals surface area contributed by atoms with Gasteiger partial charge in [0.2, 0.25) is 17.8 Å². The highest BCUT2D eigenvalue weighted by Crippen LogP contribution is 2.45. The zero-order valence-electron chi connectivity index (χ0n) is 17.7. The van der Waals surface area contributed by atoms with Crippen molar-refractivity contribution in [2.75, 3.05) is 22.6 Å². The van der Waals surface area contributed by atoms with Crippen LogP contribution in [0.5, 0.6) is 0 Å². The van der Waals surface area contributed by atoms with Crippen LogP contribution in [0.3, 0.4) is 0 Å². The summed E-state index contributed by atoms with van der Waals surface area (Å²) in [7, 11) is 1.80. The van der Waals surface area contributed by atoms with E-state index in [0.29, 0.717) is 23.2 Å². The van der Waals surface area contributed by atoms with Crippen molar-refractivity contribution in [3.63, 3.8) is 0 Å². The smallest absolute Gasteiger partial charge is 0.229 e. The largest absolute Gasteiger partial charge is 0.369 e. The average Bonchev–Trinajstić information content (AvgIpc) is 3.34. The van der Waals surface area contributed by atoms with Gasteiger partial charge in [-0.2, -0.15) is 4.98 Å². The molecule has 0 unspecified atom stereocenters.